The molecule has 1 saturated heterocycles. The molecule has 10 nitrogen and oxygen atoms in total. The number of aliphatic hydroxyl groups is 1. The second-order valence-electron chi connectivity index (χ2n) is 12.9. The summed E-state index contributed by atoms with van der Waals surface area (Å²) in [5, 5.41) is 16.8. The van der Waals surface area contributed by atoms with Crippen LogP contribution in [0.5, 0.6) is 5.75 Å². The summed E-state index contributed by atoms with van der Waals surface area (Å²) in [6, 6.07) is 24.9. The average Bonchev–Trinajstić information content (AvgIpc) is 3.05. The Kier molecular flexibility index (Phi) is 10.8. The number of nitrogens with one attached hydrogen (secondary N) is 2. The van der Waals surface area contributed by atoms with E-state index in [1.54, 1.807) is 45.3 Å². The Hall–Kier alpha value is -4.80. The summed E-state index contributed by atoms with van der Waals surface area (Å²) in [6.45, 7) is 8.23. The number of anilines is 2. The molecule has 2 heterocycles. The van der Waals surface area contributed by atoms with Crippen molar-refractivity contribution in [2.45, 2.75) is 51.2 Å². The summed E-state index contributed by atoms with van der Waals surface area (Å²) >= 11 is 0. The van der Waals surface area contributed by atoms with Crippen molar-refractivity contribution in [3.63, 3.8) is 0 Å². The van der Waals surface area contributed by atoms with Crippen molar-refractivity contribution in [1.29, 1.82) is 0 Å². The SMILES string of the molecule is CC(C)(C)OC(=O)CNC(=O)c1ccc(-c2cnc(Nc3ccc(OCCN4CCC(O)(Cc5ccccc5)CC4)cc3)nc2)cc1. The van der Waals surface area contributed by atoms with Gasteiger partial charge in [0.05, 0.1) is 5.60 Å². The van der Waals surface area contributed by atoms with Crippen LogP contribution in [0.1, 0.15) is 49.5 Å². The number of likely N-dealkylation sites (tertiary alicyclic amines) is 1. The van der Waals surface area contributed by atoms with E-state index < -0.39 is 17.2 Å². The average molecular weight is 638 g/mol. The highest BCUT2D eigenvalue weighted by molar-refractivity contribution is 5.96. The zero-order chi connectivity index (χ0) is 33.3. The van der Waals surface area contributed by atoms with Gasteiger partial charge in [-0.3, -0.25) is 14.5 Å². The quantitative estimate of drug-likeness (QED) is 0.175. The molecule has 3 aromatic carbocycles. The molecule has 3 N–H and O–H groups in total. The minimum atomic E-state index is -0.636. The number of esters is 1. The number of amides is 1. The highest BCUT2D eigenvalue weighted by Gasteiger charge is 2.32. The third-order valence-corrected chi connectivity index (χ3v) is 7.90. The molecule has 5 rings (SSSR count). The van der Waals surface area contributed by atoms with Gasteiger partial charge in [0.15, 0.2) is 0 Å². The standard InChI is InChI=1S/C37H43N5O5/c1-36(2,3)47-33(43)26-38-34(44)29-11-9-28(10-12-29)30-24-39-35(40-25-30)41-31-13-15-32(16-14-31)46-22-21-42-19-17-37(45,18-20-42)23-27-7-5-4-6-8-27/h4-16,24-25,45H,17-23,26H2,1-3H3,(H,38,44)(H,39,40,41). The fraction of sp³-hybridized carbons (Fsp3) is 0.351. The zero-order valence-electron chi connectivity index (χ0n) is 27.2. The van der Waals surface area contributed by atoms with E-state index in [-0.39, 0.29) is 12.5 Å². The van der Waals surface area contributed by atoms with E-state index in [4.69, 9.17) is 9.47 Å². The second kappa shape index (κ2) is 15.2. The Labute approximate surface area is 276 Å². The maximum Gasteiger partial charge on any atom is 0.325 e. The fourth-order valence-electron chi connectivity index (χ4n) is 5.39. The molecule has 1 aliphatic rings. The number of rotatable bonds is 12. The van der Waals surface area contributed by atoms with E-state index in [0.29, 0.717) is 24.5 Å². The lowest BCUT2D eigenvalue weighted by atomic mass is 9.85. The van der Waals surface area contributed by atoms with Gasteiger partial charge in [-0.2, -0.15) is 0 Å². The van der Waals surface area contributed by atoms with Gasteiger partial charge in [0.25, 0.3) is 5.91 Å². The van der Waals surface area contributed by atoms with Crippen molar-refractivity contribution in [2.75, 3.05) is 38.1 Å². The van der Waals surface area contributed by atoms with Crippen molar-refractivity contribution in [1.82, 2.24) is 20.2 Å². The Balaban J connectivity index is 1.03. The number of carbonyl (C=O) groups is 2. The van der Waals surface area contributed by atoms with Crippen molar-refractivity contribution in [3.05, 3.63) is 102 Å². The first kappa shape index (κ1) is 33.6. The minimum Gasteiger partial charge on any atom is -0.492 e. The molecule has 4 aromatic rings. The van der Waals surface area contributed by atoms with Crippen LogP contribution in [0.2, 0.25) is 0 Å². The molecule has 0 aliphatic carbocycles. The Bertz CT molecular complexity index is 1600. The maximum absolute atomic E-state index is 12.4. The van der Waals surface area contributed by atoms with Gasteiger partial charge in [-0.05, 0) is 81.1 Å². The van der Waals surface area contributed by atoms with Crippen LogP contribution < -0.4 is 15.4 Å². The fourth-order valence-corrected chi connectivity index (χ4v) is 5.39. The second-order valence-corrected chi connectivity index (χ2v) is 12.9. The minimum absolute atomic E-state index is 0.197. The zero-order valence-corrected chi connectivity index (χ0v) is 27.2. The molecule has 0 bridgehead atoms. The molecule has 0 unspecified atom stereocenters. The van der Waals surface area contributed by atoms with Gasteiger partial charge in [0.2, 0.25) is 5.95 Å². The highest BCUT2D eigenvalue weighted by atomic mass is 16.6. The number of piperidine rings is 1. The third kappa shape index (κ3) is 10.4. The molecular formula is C37H43N5O5. The molecule has 0 atom stereocenters. The van der Waals surface area contributed by atoms with Crippen LogP contribution >= 0.6 is 0 Å². The molecule has 0 radical (unpaired) electrons. The molecule has 1 amide bonds. The third-order valence-electron chi connectivity index (χ3n) is 7.90. The molecule has 0 spiro atoms. The number of carbonyl (C=O) groups excluding carboxylic acids is 2. The van der Waals surface area contributed by atoms with E-state index in [0.717, 1.165) is 55.0 Å². The predicted octanol–water partition coefficient (Wildman–Crippen LogP) is 5.41. The van der Waals surface area contributed by atoms with Crippen LogP contribution in [0.25, 0.3) is 11.1 Å². The van der Waals surface area contributed by atoms with Gasteiger partial charge in [0.1, 0.15) is 24.5 Å². The molecule has 246 valence electrons. The first-order valence-electron chi connectivity index (χ1n) is 15.9. The number of hydrogen-bond donors (Lipinski definition) is 3. The van der Waals surface area contributed by atoms with Crippen LogP contribution in [0.4, 0.5) is 11.6 Å². The van der Waals surface area contributed by atoms with Gasteiger partial charge in [-0.1, -0.05) is 42.5 Å². The molecule has 1 aromatic heterocycles. The van der Waals surface area contributed by atoms with E-state index in [1.165, 1.54) is 5.56 Å². The normalized spacial score (nSPS) is 14.6. The summed E-state index contributed by atoms with van der Waals surface area (Å²) in [5.41, 5.74) is 2.86. The lowest BCUT2D eigenvalue weighted by Gasteiger charge is -2.38. The molecule has 10 heteroatoms. The number of ether oxygens (including phenoxy) is 2. The van der Waals surface area contributed by atoms with Crippen molar-refractivity contribution in [3.8, 4) is 16.9 Å². The predicted molar refractivity (Wildman–Crippen MR) is 182 cm³/mol. The van der Waals surface area contributed by atoms with Gasteiger partial charge >= 0.3 is 5.97 Å². The number of hydrogen-bond acceptors (Lipinski definition) is 9. The largest absolute Gasteiger partial charge is 0.492 e. The van der Waals surface area contributed by atoms with E-state index in [9.17, 15) is 14.7 Å². The number of aromatic nitrogens is 2. The van der Waals surface area contributed by atoms with E-state index >= 15 is 0 Å². The van der Waals surface area contributed by atoms with Gasteiger partial charge in [0, 0.05) is 55.3 Å². The Morgan fingerprint density at radius 1 is 0.894 bits per heavy atom. The van der Waals surface area contributed by atoms with Crippen LogP contribution in [0.3, 0.4) is 0 Å². The topological polar surface area (TPSA) is 126 Å². The summed E-state index contributed by atoms with van der Waals surface area (Å²) in [7, 11) is 0. The lowest BCUT2D eigenvalue weighted by Crippen LogP contribution is -2.46. The summed E-state index contributed by atoms with van der Waals surface area (Å²) in [6.07, 6.45) is 5.65. The van der Waals surface area contributed by atoms with E-state index in [1.807, 2.05) is 54.6 Å². The van der Waals surface area contributed by atoms with Gasteiger partial charge in [-0.25, -0.2) is 9.97 Å². The van der Waals surface area contributed by atoms with Gasteiger partial charge in [-0.15, -0.1) is 0 Å². The molecular weight excluding hydrogens is 594 g/mol. The molecule has 1 aliphatic heterocycles. The van der Waals surface area contributed by atoms with Gasteiger partial charge < -0.3 is 25.2 Å². The maximum atomic E-state index is 12.4. The van der Waals surface area contributed by atoms with Crippen LogP contribution in [-0.4, -0.2) is 75.8 Å². The summed E-state index contributed by atoms with van der Waals surface area (Å²) < 4.78 is 11.2. The molecule has 1 fully saturated rings. The van der Waals surface area contributed by atoms with Crippen molar-refractivity contribution >= 4 is 23.5 Å². The smallest absolute Gasteiger partial charge is 0.325 e. The number of nitrogens with zero attached hydrogens (tertiary/aromatic N) is 3. The van der Waals surface area contributed by atoms with Crippen LogP contribution in [0, 0.1) is 0 Å². The summed E-state index contributed by atoms with van der Waals surface area (Å²) in [5.74, 6) is 0.394. The first-order valence-corrected chi connectivity index (χ1v) is 15.9. The first-order chi connectivity index (χ1) is 22.5. The Morgan fingerprint density at radius 2 is 1.55 bits per heavy atom. The van der Waals surface area contributed by atoms with E-state index in [2.05, 4.69) is 37.6 Å². The lowest BCUT2D eigenvalue weighted by molar-refractivity contribution is -0.153. The van der Waals surface area contributed by atoms with Crippen LogP contribution in [-0.2, 0) is 16.0 Å². The van der Waals surface area contributed by atoms with Crippen LogP contribution in [0.15, 0.2) is 91.3 Å². The van der Waals surface area contributed by atoms with Crippen molar-refractivity contribution < 1.29 is 24.2 Å². The highest BCUT2D eigenvalue weighted by Crippen LogP contribution is 2.27. The summed E-state index contributed by atoms with van der Waals surface area (Å²) in [4.78, 5) is 35.5. The monoisotopic (exact) mass is 637 g/mol. The number of benzene rings is 3. The Morgan fingerprint density at radius 3 is 2.19 bits per heavy atom. The molecule has 0 saturated carbocycles. The molecule has 47 heavy (non-hydrogen) atoms. The van der Waals surface area contributed by atoms with Crippen molar-refractivity contribution in [2.24, 2.45) is 0 Å².